The number of amides is 1. The minimum absolute atomic E-state index is 0.0148. The number of hydrogen-bond acceptors (Lipinski definition) is 6. The summed E-state index contributed by atoms with van der Waals surface area (Å²) in [6, 6.07) is 5.35. The molecule has 12 heteroatoms. The third-order valence-electron chi connectivity index (χ3n) is 6.12. The molecule has 9 nitrogen and oxygen atoms in total. The quantitative estimate of drug-likeness (QED) is 0.494. The first-order valence-electron chi connectivity index (χ1n) is 11.3. The molecule has 1 fully saturated rings. The molecule has 4 heterocycles. The van der Waals surface area contributed by atoms with E-state index in [0.29, 0.717) is 30.2 Å². The highest BCUT2D eigenvalue weighted by molar-refractivity contribution is 6.11. The van der Waals surface area contributed by atoms with Crippen molar-refractivity contribution in [3.8, 4) is 11.6 Å². The molecule has 2 N–H and O–H groups in total. The van der Waals surface area contributed by atoms with Gasteiger partial charge in [0.2, 0.25) is 5.88 Å². The van der Waals surface area contributed by atoms with Gasteiger partial charge >= 0.3 is 6.18 Å². The minimum Gasteiger partial charge on any atom is -0.437 e. The summed E-state index contributed by atoms with van der Waals surface area (Å²) in [6.45, 7) is 4.58. The molecule has 4 rings (SSSR count). The lowest BCUT2D eigenvalue weighted by Gasteiger charge is -2.48. The summed E-state index contributed by atoms with van der Waals surface area (Å²) in [6.07, 6.45) is 0.979. The summed E-state index contributed by atoms with van der Waals surface area (Å²) < 4.78 is 43.3. The number of carbonyl (C=O) groups excluding carboxylic acids is 1. The van der Waals surface area contributed by atoms with Crippen LogP contribution in [-0.4, -0.2) is 57.0 Å². The first-order valence-corrected chi connectivity index (χ1v) is 11.3. The maximum Gasteiger partial charge on any atom is 0.433 e. The van der Waals surface area contributed by atoms with E-state index in [1.54, 1.807) is 23.2 Å². The summed E-state index contributed by atoms with van der Waals surface area (Å²) >= 11 is 0. The number of alkyl halides is 3. The number of fused-ring (bicyclic) bond motifs is 1. The lowest BCUT2D eigenvalue weighted by molar-refractivity contribution is -0.141. The Morgan fingerprint density at radius 1 is 1.19 bits per heavy atom. The topological polar surface area (TPSA) is 109 Å². The molecule has 2 aliphatic heterocycles. The van der Waals surface area contributed by atoms with Crippen LogP contribution in [0.2, 0.25) is 0 Å². The van der Waals surface area contributed by atoms with Crippen LogP contribution in [0.4, 0.5) is 13.2 Å². The van der Waals surface area contributed by atoms with Crippen molar-refractivity contribution < 1.29 is 22.7 Å². The van der Waals surface area contributed by atoms with Crippen molar-refractivity contribution in [1.29, 1.82) is 0 Å². The van der Waals surface area contributed by atoms with E-state index in [9.17, 15) is 18.0 Å². The van der Waals surface area contributed by atoms with Gasteiger partial charge in [-0.3, -0.25) is 9.79 Å². The number of piperazine rings is 1. The number of carbonyl (C=O) groups is 1. The zero-order chi connectivity index (χ0) is 26.1. The van der Waals surface area contributed by atoms with Gasteiger partial charge in [0.05, 0.1) is 12.7 Å². The zero-order valence-electron chi connectivity index (χ0n) is 20.1. The number of likely N-dealkylation sites (N-methyl/N-ethyl adjacent to an activating group) is 1. The van der Waals surface area contributed by atoms with Crippen molar-refractivity contribution in [2.24, 2.45) is 15.7 Å². The number of halogens is 3. The van der Waals surface area contributed by atoms with Gasteiger partial charge in [0.15, 0.2) is 5.84 Å². The van der Waals surface area contributed by atoms with Crippen LogP contribution < -0.4 is 10.5 Å². The maximum absolute atomic E-state index is 12.9. The predicted octanol–water partition coefficient (Wildman–Crippen LogP) is 3.73. The molecule has 0 radical (unpaired) electrons. The Hall–Kier alpha value is -3.96. The van der Waals surface area contributed by atoms with Crippen LogP contribution in [0.3, 0.4) is 0 Å². The standard InChI is InChI=1S/C24H26F3N7O2/c1-23(2)22(35)34-10-4-5-17(28)20(34)21(33(23)3)32-14-29-11-15-6-9-19(31-12-15)36-16-7-8-18(30-13-16)24(25,26)27/h6-9,12-14H,4-5,10-11,28H2,1-3H3. The Labute approximate surface area is 206 Å². The fourth-order valence-corrected chi connectivity index (χ4v) is 3.88. The molecule has 0 atom stereocenters. The van der Waals surface area contributed by atoms with Crippen molar-refractivity contribution in [3.05, 3.63) is 59.3 Å². The number of amidine groups is 1. The van der Waals surface area contributed by atoms with Gasteiger partial charge in [-0.2, -0.15) is 13.2 Å². The Morgan fingerprint density at radius 3 is 2.61 bits per heavy atom. The molecule has 0 bridgehead atoms. The van der Waals surface area contributed by atoms with Crippen LogP contribution in [0, 0.1) is 0 Å². The van der Waals surface area contributed by atoms with Crippen molar-refractivity contribution in [1.82, 2.24) is 19.8 Å². The van der Waals surface area contributed by atoms with Crippen LogP contribution in [0.15, 0.2) is 58.0 Å². The first kappa shape index (κ1) is 25.1. The number of aliphatic imine (C=N–C) groups is 2. The Morgan fingerprint density at radius 2 is 1.97 bits per heavy atom. The molecule has 2 aliphatic rings. The van der Waals surface area contributed by atoms with E-state index in [1.165, 1.54) is 12.4 Å². The average Bonchev–Trinajstić information content (AvgIpc) is 2.83. The number of rotatable bonds is 5. The number of nitrogens with zero attached hydrogens (tertiary/aromatic N) is 6. The summed E-state index contributed by atoms with van der Waals surface area (Å²) in [5, 5.41) is 0. The van der Waals surface area contributed by atoms with Gasteiger partial charge in [-0.15, -0.1) is 0 Å². The highest BCUT2D eigenvalue weighted by atomic mass is 19.4. The highest BCUT2D eigenvalue weighted by Gasteiger charge is 2.47. The van der Waals surface area contributed by atoms with Gasteiger partial charge in [0.25, 0.3) is 5.91 Å². The highest BCUT2D eigenvalue weighted by Crippen LogP contribution is 2.33. The fourth-order valence-electron chi connectivity index (χ4n) is 3.88. The number of ether oxygens (including phenoxy) is 1. The SMILES string of the molecule is CN1C(=NC=NCc2ccc(Oc3ccc(C(F)(F)F)nc3)nc2)C2=C(N)CCCN2C(=O)C1(C)C. The summed E-state index contributed by atoms with van der Waals surface area (Å²) in [5.74, 6) is 0.923. The molecule has 190 valence electrons. The molecular weight excluding hydrogens is 475 g/mol. The molecular formula is C24H26F3N7O2. The van der Waals surface area contributed by atoms with Gasteiger partial charge in [-0.25, -0.2) is 15.0 Å². The predicted molar refractivity (Wildman–Crippen MR) is 127 cm³/mol. The summed E-state index contributed by atoms with van der Waals surface area (Å²) in [7, 11) is 1.81. The molecule has 0 aliphatic carbocycles. The van der Waals surface area contributed by atoms with Gasteiger partial charge in [-0.05, 0) is 44.4 Å². The van der Waals surface area contributed by atoms with Gasteiger partial charge < -0.3 is 20.3 Å². The lowest BCUT2D eigenvalue weighted by Crippen LogP contribution is -2.64. The number of hydrogen-bond donors (Lipinski definition) is 1. The van der Waals surface area contributed by atoms with Crippen LogP contribution in [0.25, 0.3) is 0 Å². The van der Waals surface area contributed by atoms with E-state index in [1.807, 2.05) is 25.8 Å². The Bertz CT molecular complexity index is 1220. The number of nitrogens with two attached hydrogens (primary N) is 1. The molecule has 2 aromatic heterocycles. The number of aromatic nitrogens is 2. The molecule has 0 aromatic carbocycles. The minimum atomic E-state index is -4.51. The molecule has 36 heavy (non-hydrogen) atoms. The second kappa shape index (κ2) is 9.59. The summed E-state index contributed by atoms with van der Waals surface area (Å²) in [4.78, 5) is 32.8. The van der Waals surface area contributed by atoms with E-state index in [-0.39, 0.29) is 24.1 Å². The van der Waals surface area contributed by atoms with E-state index in [0.717, 1.165) is 24.2 Å². The molecule has 0 spiro atoms. The molecule has 1 saturated heterocycles. The van der Waals surface area contributed by atoms with Crippen molar-refractivity contribution in [3.63, 3.8) is 0 Å². The van der Waals surface area contributed by atoms with Crippen LogP contribution in [0.1, 0.15) is 37.9 Å². The third kappa shape index (κ3) is 5.02. The smallest absolute Gasteiger partial charge is 0.433 e. The van der Waals surface area contributed by atoms with E-state index in [4.69, 9.17) is 10.5 Å². The molecule has 1 amide bonds. The van der Waals surface area contributed by atoms with Crippen molar-refractivity contribution in [2.75, 3.05) is 13.6 Å². The second-order valence-electron chi connectivity index (χ2n) is 8.94. The second-order valence-corrected chi connectivity index (χ2v) is 8.94. The largest absolute Gasteiger partial charge is 0.437 e. The van der Waals surface area contributed by atoms with E-state index < -0.39 is 17.4 Å². The van der Waals surface area contributed by atoms with Crippen LogP contribution in [0.5, 0.6) is 11.6 Å². The van der Waals surface area contributed by atoms with E-state index in [2.05, 4.69) is 20.0 Å². The van der Waals surface area contributed by atoms with Gasteiger partial charge in [0.1, 0.15) is 29.0 Å². The fraction of sp³-hybridized carbons (Fsp3) is 0.375. The number of pyridine rings is 2. The molecule has 2 aromatic rings. The van der Waals surface area contributed by atoms with Crippen molar-refractivity contribution in [2.45, 2.75) is 44.9 Å². The van der Waals surface area contributed by atoms with Gasteiger partial charge in [-0.1, -0.05) is 6.07 Å². The maximum atomic E-state index is 12.9. The first-order chi connectivity index (χ1) is 17.0. The molecule has 0 unspecified atom stereocenters. The Kier molecular flexibility index (Phi) is 6.70. The van der Waals surface area contributed by atoms with E-state index >= 15 is 0 Å². The lowest BCUT2D eigenvalue weighted by atomic mass is 9.93. The van der Waals surface area contributed by atoms with Crippen LogP contribution >= 0.6 is 0 Å². The monoisotopic (exact) mass is 501 g/mol. The summed E-state index contributed by atoms with van der Waals surface area (Å²) in [5.41, 5.74) is 6.52. The Balaban J connectivity index is 1.42. The number of allylic oxidation sites excluding steroid dienone is 1. The molecule has 0 saturated carbocycles. The van der Waals surface area contributed by atoms with Crippen LogP contribution in [-0.2, 0) is 17.5 Å². The zero-order valence-corrected chi connectivity index (χ0v) is 20.1. The van der Waals surface area contributed by atoms with Crippen molar-refractivity contribution >= 4 is 18.1 Å². The third-order valence-corrected chi connectivity index (χ3v) is 6.12. The average molecular weight is 502 g/mol. The van der Waals surface area contributed by atoms with Gasteiger partial charge in [0, 0.05) is 31.6 Å². The normalized spacial score (nSPS) is 19.3.